The molecule has 2 aromatic rings. The molecule has 1 aliphatic rings. The number of urea groups is 1. The van der Waals surface area contributed by atoms with Crippen LogP contribution < -0.4 is 10.6 Å². The molecule has 6 heteroatoms. The van der Waals surface area contributed by atoms with Gasteiger partial charge in [-0.2, -0.15) is 0 Å². The number of hydrogen-bond donors (Lipinski definition) is 2. The van der Waals surface area contributed by atoms with Crippen LogP contribution in [0.4, 0.5) is 10.5 Å². The van der Waals surface area contributed by atoms with Crippen LogP contribution in [-0.2, 0) is 4.79 Å². The van der Waals surface area contributed by atoms with Crippen molar-refractivity contribution >= 4 is 33.6 Å². The van der Waals surface area contributed by atoms with E-state index in [9.17, 15) is 9.59 Å². The number of anilines is 1. The Balaban J connectivity index is 1.49. The maximum absolute atomic E-state index is 12.6. The zero-order valence-electron chi connectivity index (χ0n) is 15.3. The third-order valence-electron chi connectivity index (χ3n) is 4.91. The molecule has 3 rings (SSSR count). The molecular weight excluding hydrogens is 406 g/mol. The lowest BCUT2D eigenvalue weighted by Gasteiger charge is -2.32. The summed E-state index contributed by atoms with van der Waals surface area (Å²) in [6.45, 7) is 3.15. The Bertz CT molecular complexity index is 789. The van der Waals surface area contributed by atoms with E-state index in [0.717, 1.165) is 15.7 Å². The first-order valence-corrected chi connectivity index (χ1v) is 9.99. The minimum Gasteiger partial charge on any atom is -0.349 e. The summed E-state index contributed by atoms with van der Waals surface area (Å²) in [5.41, 5.74) is 1.84. The van der Waals surface area contributed by atoms with Gasteiger partial charge < -0.3 is 15.5 Å². The van der Waals surface area contributed by atoms with E-state index in [-0.39, 0.29) is 23.9 Å². The van der Waals surface area contributed by atoms with Gasteiger partial charge in [-0.3, -0.25) is 4.79 Å². The fourth-order valence-corrected chi connectivity index (χ4v) is 3.93. The minimum absolute atomic E-state index is 0.0568. The van der Waals surface area contributed by atoms with E-state index < -0.39 is 0 Å². The van der Waals surface area contributed by atoms with E-state index in [1.54, 1.807) is 4.90 Å². The molecule has 0 saturated carbocycles. The number of para-hydroxylation sites is 1. The van der Waals surface area contributed by atoms with Crippen LogP contribution in [0.25, 0.3) is 0 Å². The van der Waals surface area contributed by atoms with Crippen molar-refractivity contribution in [3.05, 3.63) is 64.6 Å². The van der Waals surface area contributed by atoms with Crippen molar-refractivity contribution in [3.8, 4) is 0 Å². The Kier molecular flexibility index (Phi) is 6.50. The number of nitrogens with zero attached hydrogens (tertiary/aromatic N) is 1. The third-order valence-corrected chi connectivity index (χ3v) is 5.63. The first-order chi connectivity index (χ1) is 13.0. The van der Waals surface area contributed by atoms with Gasteiger partial charge in [0.25, 0.3) is 0 Å². The molecule has 3 amide bonds. The molecule has 2 aromatic carbocycles. The molecule has 2 N–H and O–H groups in total. The second-order valence-electron chi connectivity index (χ2n) is 6.81. The van der Waals surface area contributed by atoms with E-state index in [1.165, 1.54) is 0 Å². The smallest absolute Gasteiger partial charge is 0.321 e. The van der Waals surface area contributed by atoms with Gasteiger partial charge in [-0.1, -0.05) is 52.3 Å². The summed E-state index contributed by atoms with van der Waals surface area (Å²) in [6, 6.07) is 17.1. The zero-order valence-corrected chi connectivity index (χ0v) is 16.9. The first-order valence-electron chi connectivity index (χ1n) is 9.20. The molecule has 1 atom stereocenters. The zero-order chi connectivity index (χ0) is 19.2. The van der Waals surface area contributed by atoms with Gasteiger partial charge in [0.1, 0.15) is 0 Å². The standard InChI is InChI=1S/C21H24BrN3O2/c1-15(18-9-5-6-10-19(18)22)23-20(26)16-11-13-25(14-12-16)21(27)24-17-7-3-2-4-8-17/h2-10,15-16H,11-14H2,1H3,(H,23,26)(H,24,27)/t15-/m1/s1. The second-order valence-corrected chi connectivity index (χ2v) is 7.66. The number of halogens is 1. The number of rotatable bonds is 4. The lowest BCUT2D eigenvalue weighted by atomic mass is 9.95. The molecule has 1 heterocycles. The number of benzene rings is 2. The van der Waals surface area contributed by atoms with Gasteiger partial charge >= 0.3 is 6.03 Å². The van der Waals surface area contributed by atoms with Crippen LogP contribution >= 0.6 is 15.9 Å². The van der Waals surface area contributed by atoms with Gasteiger partial charge in [0.2, 0.25) is 5.91 Å². The van der Waals surface area contributed by atoms with Crippen LogP contribution in [0.5, 0.6) is 0 Å². The molecule has 0 aromatic heterocycles. The summed E-state index contributed by atoms with van der Waals surface area (Å²) in [7, 11) is 0. The average molecular weight is 430 g/mol. The van der Waals surface area contributed by atoms with E-state index in [2.05, 4.69) is 26.6 Å². The highest BCUT2D eigenvalue weighted by atomic mass is 79.9. The highest BCUT2D eigenvalue weighted by Gasteiger charge is 2.28. The Morgan fingerprint density at radius 2 is 1.67 bits per heavy atom. The molecule has 27 heavy (non-hydrogen) atoms. The molecule has 0 aliphatic carbocycles. The molecular formula is C21H24BrN3O2. The number of amides is 3. The van der Waals surface area contributed by atoms with Gasteiger partial charge in [0.15, 0.2) is 0 Å². The average Bonchev–Trinajstić information content (AvgIpc) is 2.69. The van der Waals surface area contributed by atoms with Gasteiger partial charge in [-0.25, -0.2) is 4.79 Å². The Morgan fingerprint density at radius 3 is 2.33 bits per heavy atom. The van der Waals surface area contributed by atoms with Crippen molar-refractivity contribution in [2.24, 2.45) is 5.92 Å². The van der Waals surface area contributed by atoms with Crippen molar-refractivity contribution in [3.63, 3.8) is 0 Å². The molecule has 1 aliphatic heterocycles. The van der Waals surface area contributed by atoms with Crippen LogP contribution in [0.3, 0.4) is 0 Å². The summed E-state index contributed by atoms with van der Waals surface area (Å²) in [5.74, 6) is -0.00270. The van der Waals surface area contributed by atoms with Gasteiger partial charge in [0, 0.05) is 29.2 Å². The van der Waals surface area contributed by atoms with Crippen molar-refractivity contribution in [1.82, 2.24) is 10.2 Å². The van der Waals surface area contributed by atoms with Gasteiger partial charge in [0.05, 0.1) is 6.04 Å². The monoisotopic (exact) mass is 429 g/mol. The SMILES string of the molecule is C[C@@H](NC(=O)C1CCN(C(=O)Nc2ccccc2)CC1)c1ccccc1Br. The summed E-state index contributed by atoms with van der Waals surface area (Å²) in [5, 5.41) is 6.00. The largest absolute Gasteiger partial charge is 0.349 e. The molecule has 142 valence electrons. The highest BCUT2D eigenvalue weighted by Crippen LogP contribution is 2.24. The van der Waals surface area contributed by atoms with E-state index in [0.29, 0.717) is 25.9 Å². The predicted octanol–water partition coefficient (Wildman–Crippen LogP) is 4.57. The maximum atomic E-state index is 12.6. The first kappa shape index (κ1) is 19.4. The molecule has 1 fully saturated rings. The molecule has 0 radical (unpaired) electrons. The second kappa shape index (κ2) is 9.04. The number of likely N-dealkylation sites (tertiary alicyclic amines) is 1. The summed E-state index contributed by atoms with van der Waals surface area (Å²) in [6.07, 6.45) is 1.35. The van der Waals surface area contributed by atoms with Crippen LogP contribution in [-0.4, -0.2) is 29.9 Å². The van der Waals surface area contributed by atoms with Crippen molar-refractivity contribution in [1.29, 1.82) is 0 Å². The van der Waals surface area contributed by atoms with Gasteiger partial charge in [-0.15, -0.1) is 0 Å². The fourth-order valence-electron chi connectivity index (χ4n) is 3.30. The Morgan fingerprint density at radius 1 is 1.04 bits per heavy atom. The number of carbonyl (C=O) groups is 2. The van der Waals surface area contributed by atoms with Crippen LogP contribution in [0.1, 0.15) is 31.4 Å². The van der Waals surface area contributed by atoms with E-state index >= 15 is 0 Å². The van der Waals surface area contributed by atoms with Crippen molar-refractivity contribution in [2.45, 2.75) is 25.8 Å². The van der Waals surface area contributed by atoms with Crippen LogP contribution in [0, 0.1) is 5.92 Å². The van der Waals surface area contributed by atoms with E-state index in [4.69, 9.17) is 0 Å². The minimum atomic E-state index is -0.110. The summed E-state index contributed by atoms with van der Waals surface area (Å²) < 4.78 is 0.991. The van der Waals surface area contributed by atoms with E-state index in [1.807, 2.05) is 61.5 Å². The number of piperidine rings is 1. The molecule has 5 nitrogen and oxygen atoms in total. The highest BCUT2D eigenvalue weighted by molar-refractivity contribution is 9.10. The summed E-state index contributed by atoms with van der Waals surface area (Å²) in [4.78, 5) is 26.7. The Labute approximate surface area is 168 Å². The third kappa shape index (κ3) is 5.10. The molecule has 0 unspecified atom stereocenters. The van der Waals surface area contributed by atoms with Crippen molar-refractivity contribution < 1.29 is 9.59 Å². The molecule has 1 saturated heterocycles. The van der Waals surface area contributed by atoms with Gasteiger partial charge in [-0.05, 0) is 43.5 Å². The molecule has 0 bridgehead atoms. The number of hydrogen-bond acceptors (Lipinski definition) is 2. The van der Waals surface area contributed by atoms with Crippen LogP contribution in [0.2, 0.25) is 0 Å². The normalized spacial score (nSPS) is 15.9. The van der Waals surface area contributed by atoms with Crippen molar-refractivity contribution in [2.75, 3.05) is 18.4 Å². The summed E-state index contributed by atoms with van der Waals surface area (Å²) >= 11 is 3.53. The fraction of sp³-hybridized carbons (Fsp3) is 0.333. The van der Waals surface area contributed by atoms with Crippen LogP contribution in [0.15, 0.2) is 59.1 Å². The molecule has 0 spiro atoms. The quantitative estimate of drug-likeness (QED) is 0.747. The maximum Gasteiger partial charge on any atom is 0.321 e. The number of carbonyl (C=O) groups excluding carboxylic acids is 2. The Hall–Kier alpha value is -2.34. The lowest BCUT2D eigenvalue weighted by Crippen LogP contribution is -2.44. The lowest BCUT2D eigenvalue weighted by molar-refractivity contribution is -0.126. The topological polar surface area (TPSA) is 61.4 Å². The number of nitrogens with one attached hydrogen (secondary N) is 2. The predicted molar refractivity (Wildman–Crippen MR) is 110 cm³/mol.